The molecule has 4 aromatic rings. The number of hydrogen-bond donors (Lipinski definition) is 1. The Bertz CT molecular complexity index is 1410. The first kappa shape index (κ1) is 27.3. The summed E-state index contributed by atoms with van der Waals surface area (Å²) in [7, 11) is -3.98. The van der Waals surface area contributed by atoms with E-state index in [1.165, 1.54) is 0 Å². The van der Waals surface area contributed by atoms with Crippen molar-refractivity contribution in [3.63, 3.8) is 0 Å². The molecule has 38 heavy (non-hydrogen) atoms. The van der Waals surface area contributed by atoms with E-state index in [9.17, 15) is 13.2 Å². The van der Waals surface area contributed by atoms with Gasteiger partial charge in [0, 0.05) is 13.1 Å². The Kier molecular flexibility index (Phi) is 8.77. The van der Waals surface area contributed by atoms with Gasteiger partial charge in [-0.2, -0.15) is 4.72 Å². The van der Waals surface area contributed by atoms with E-state index < -0.39 is 16.1 Å². The van der Waals surface area contributed by atoms with Gasteiger partial charge in [0.2, 0.25) is 15.9 Å². The second-order valence-corrected chi connectivity index (χ2v) is 11.4. The molecular formula is C32H34N2O3S. The molecule has 0 fully saturated rings. The van der Waals surface area contributed by atoms with Crippen molar-refractivity contribution in [2.45, 2.75) is 51.2 Å². The molecule has 1 amide bonds. The molecule has 0 heterocycles. The average molecular weight is 527 g/mol. The van der Waals surface area contributed by atoms with Crippen molar-refractivity contribution in [2.24, 2.45) is 0 Å². The van der Waals surface area contributed by atoms with E-state index in [2.05, 4.69) is 4.72 Å². The molecular weight excluding hydrogens is 492 g/mol. The summed E-state index contributed by atoms with van der Waals surface area (Å²) in [5, 5.41) is 0. The first-order valence-electron chi connectivity index (χ1n) is 12.7. The van der Waals surface area contributed by atoms with E-state index in [0.29, 0.717) is 24.2 Å². The molecule has 4 rings (SSSR count). The standard InChI is InChI=1S/C32H34N2O3S/c1-24-19-25(2)31(26(3)20-24)38(36,37)33-30(21-27-13-7-4-8-14-27)32(35)34(22-28-15-9-5-10-16-28)23-29-17-11-6-12-18-29/h4-20,30,33H,21-23H2,1-3H3. The van der Waals surface area contributed by atoms with Crippen LogP contribution in [0.4, 0.5) is 0 Å². The number of amides is 1. The summed E-state index contributed by atoms with van der Waals surface area (Å²) >= 11 is 0. The summed E-state index contributed by atoms with van der Waals surface area (Å²) in [6, 6.07) is 31.8. The maximum Gasteiger partial charge on any atom is 0.241 e. The molecule has 4 aromatic carbocycles. The SMILES string of the molecule is Cc1cc(C)c(S(=O)(=O)NC(Cc2ccccc2)C(=O)N(Cc2ccccc2)Cc2ccccc2)c(C)c1. The summed E-state index contributed by atoms with van der Waals surface area (Å²) < 4.78 is 30.3. The zero-order chi connectivity index (χ0) is 27.1. The predicted octanol–water partition coefficient (Wildman–Crippen LogP) is 5.73. The van der Waals surface area contributed by atoms with Gasteiger partial charge in [-0.1, -0.05) is 109 Å². The molecule has 0 aliphatic heterocycles. The van der Waals surface area contributed by atoms with Crippen LogP contribution in [-0.2, 0) is 34.3 Å². The first-order valence-corrected chi connectivity index (χ1v) is 14.2. The summed E-state index contributed by atoms with van der Waals surface area (Å²) in [6.07, 6.45) is 0.239. The third-order valence-corrected chi connectivity index (χ3v) is 8.27. The van der Waals surface area contributed by atoms with Crippen LogP contribution >= 0.6 is 0 Å². The molecule has 0 aliphatic rings. The van der Waals surface area contributed by atoms with Gasteiger partial charge in [-0.25, -0.2) is 8.42 Å². The number of benzene rings is 4. The average Bonchev–Trinajstić information content (AvgIpc) is 2.88. The molecule has 5 nitrogen and oxygen atoms in total. The zero-order valence-corrected chi connectivity index (χ0v) is 22.9. The van der Waals surface area contributed by atoms with Crippen LogP contribution in [0.15, 0.2) is 108 Å². The fourth-order valence-electron chi connectivity index (χ4n) is 4.91. The number of rotatable bonds is 10. The topological polar surface area (TPSA) is 66.5 Å². The van der Waals surface area contributed by atoms with Gasteiger partial charge in [0.05, 0.1) is 4.90 Å². The summed E-state index contributed by atoms with van der Waals surface area (Å²) in [4.78, 5) is 16.1. The van der Waals surface area contributed by atoms with Gasteiger partial charge < -0.3 is 4.90 Å². The molecule has 0 aliphatic carbocycles. The minimum Gasteiger partial charge on any atom is -0.333 e. The highest BCUT2D eigenvalue weighted by Gasteiger charge is 2.31. The molecule has 1 unspecified atom stereocenters. The molecule has 196 valence electrons. The summed E-state index contributed by atoms with van der Waals surface area (Å²) in [5.41, 5.74) is 5.14. The van der Waals surface area contributed by atoms with Gasteiger partial charge in [0.25, 0.3) is 0 Å². The lowest BCUT2D eigenvalue weighted by molar-refractivity contribution is -0.134. The quantitative estimate of drug-likeness (QED) is 0.287. The minimum absolute atomic E-state index is 0.228. The Morgan fingerprint density at radius 2 is 1.13 bits per heavy atom. The largest absolute Gasteiger partial charge is 0.333 e. The van der Waals surface area contributed by atoms with Gasteiger partial charge in [0.1, 0.15) is 6.04 Å². The monoisotopic (exact) mass is 526 g/mol. The Balaban J connectivity index is 1.71. The van der Waals surface area contributed by atoms with E-state index in [-0.39, 0.29) is 17.2 Å². The van der Waals surface area contributed by atoms with Crippen LogP contribution in [0.1, 0.15) is 33.4 Å². The molecule has 0 saturated heterocycles. The van der Waals surface area contributed by atoms with Crippen molar-refractivity contribution in [1.82, 2.24) is 9.62 Å². The Labute approximate surface area is 226 Å². The van der Waals surface area contributed by atoms with Gasteiger partial charge in [-0.15, -0.1) is 0 Å². The second-order valence-electron chi connectivity index (χ2n) is 9.76. The lowest BCUT2D eigenvalue weighted by Crippen LogP contribution is -2.49. The van der Waals surface area contributed by atoms with E-state index in [0.717, 1.165) is 22.3 Å². The number of carbonyl (C=O) groups excluding carboxylic acids is 1. The number of aryl methyl sites for hydroxylation is 3. The Morgan fingerprint density at radius 3 is 1.58 bits per heavy atom. The fraction of sp³-hybridized carbons (Fsp3) is 0.219. The van der Waals surface area contributed by atoms with Crippen LogP contribution < -0.4 is 4.72 Å². The van der Waals surface area contributed by atoms with Crippen LogP contribution in [0.25, 0.3) is 0 Å². The maximum absolute atomic E-state index is 14.2. The van der Waals surface area contributed by atoms with Crippen LogP contribution in [0.2, 0.25) is 0 Å². The highest BCUT2D eigenvalue weighted by molar-refractivity contribution is 7.89. The lowest BCUT2D eigenvalue weighted by atomic mass is 10.0. The number of nitrogens with one attached hydrogen (secondary N) is 1. The van der Waals surface area contributed by atoms with E-state index in [1.807, 2.05) is 110 Å². The van der Waals surface area contributed by atoms with Crippen molar-refractivity contribution >= 4 is 15.9 Å². The lowest BCUT2D eigenvalue weighted by Gasteiger charge is -2.29. The van der Waals surface area contributed by atoms with Crippen molar-refractivity contribution < 1.29 is 13.2 Å². The predicted molar refractivity (Wildman–Crippen MR) is 152 cm³/mol. The highest BCUT2D eigenvalue weighted by Crippen LogP contribution is 2.23. The number of sulfonamides is 1. The zero-order valence-electron chi connectivity index (χ0n) is 22.1. The van der Waals surface area contributed by atoms with Crippen molar-refractivity contribution in [3.05, 3.63) is 137 Å². The Morgan fingerprint density at radius 1 is 0.711 bits per heavy atom. The van der Waals surface area contributed by atoms with Crippen LogP contribution in [0.3, 0.4) is 0 Å². The maximum atomic E-state index is 14.2. The number of hydrogen-bond acceptors (Lipinski definition) is 3. The van der Waals surface area contributed by atoms with Crippen LogP contribution in [0.5, 0.6) is 0 Å². The van der Waals surface area contributed by atoms with Crippen molar-refractivity contribution in [3.8, 4) is 0 Å². The molecule has 0 aromatic heterocycles. The molecule has 0 saturated carbocycles. The van der Waals surface area contributed by atoms with E-state index in [1.54, 1.807) is 18.7 Å². The van der Waals surface area contributed by atoms with Crippen LogP contribution in [-0.4, -0.2) is 25.3 Å². The minimum atomic E-state index is -3.98. The smallest absolute Gasteiger partial charge is 0.241 e. The third-order valence-electron chi connectivity index (χ3n) is 6.50. The van der Waals surface area contributed by atoms with Gasteiger partial charge >= 0.3 is 0 Å². The third kappa shape index (κ3) is 6.97. The van der Waals surface area contributed by atoms with Gasteiger partial charge in [-0.3, -0.25) is 4.79 Å². The molecule has 1 atom stereocenters. The molecule has 0 radical (unpaired) electrons. The summed E-state index contributed by atoms with van der Waals surface area (Å²) in [6.45, 7) is 6.25. The number of nitrogens with zero attached hydrogens (tertiary/aromatic N) is 1. The molecule has 0 spiro atoms. The van der Waals surface area contributed by atoms with E-state index >= 15 is 0 Å². The normalized spacial score (nSPS) is 12.2. The van der Waals surface area contributed by atoms with Gasteiger partial charge in [-0.05, 0) is 55.0 Å². The molecule has 1 N–H and O–H groups in total. The van der Waals surface area contributed by atoms with Gasteiger partial charge in [0.15, 0.2) is 0 Å². The fourth-order valence-corrected chi connectivity index (χ4v) is 6.55. The number of carbonyl (C=O) groups is 1. The second kappa shape index (κ2) is 12.2. The molecule has 6 heteroatoms. The van der Waals surface area contributed by atoms with Crippen LogP contribution in [0, 0.1) is 20.8 Å². The highest BCUT2D eigenvalue weighted by atomic mass is 32.2. The first-order chi connectivity index (χ1) is 18.2. The van der Waals surface area contributed by atoms with Crippen molar-refractivity contribution in [1.29, 1.82) is 0 Å². The van der Waals surface area contributed by atoms with Crippen molar-refractivity contribution in [2.75, 3.05) is 0 Å². The summed E-state index contributed by atoms with van der Waals surface area (Å²) in [5.74, 6) is -0.271. The van der Waals surface area contributed by atoms with E-state index in [4.69, 9.17) is 0 Å². The molecule has 0 bridgehead atoms. The Hall–Kier alpha value is -3.74.